The molecular formula is C32H32FN5O6. The number of hydrogen-bond donors (Lipinski definition) is 0. The van der Waals surface area contributed by atoms with Crippen molar-refractivity contribution < 1.29 is 33.0 Å². The molecule has 1 unspecified atom stereocenters. The molecule has 1 spiro atoms. The van der Waals surface area contributed by atoms with E-state index >= 15 is 0 Å². The second kappa shape index (κ2) is 10.5. The molecular weight excluding hydrogens is 569 g/mol. The molecule has 2 aliphatic carbocycles. The van der Waals surface area contributed by atoms with Crippen LogP contribution in [0, 0.1) is 11.7 Å². The standard InChI is InChI=1S/C32H32FN5O6/c1-35(2)28(39)16-36-14-23(13-34-36)20-5-7-25-21(11-20)9-10-32(25)30(41)38(31(42)44-32)17-29(40)37-15-22-12-24(33)6-8-27(22)43-18-26(37)19-3-4-19/h5-8,11-14,19,26H,3-4,9-10,15-18H2,1-2H3/t26-,32?/m0/s1. The van der Waals surface area contributed by atoms with E-state index in [9.17, 15) is 23.6 Å². The lowest BCUT2D eigenvalue weighted by Gasteiger charge is -2.30. The number of aryl methyl sites for hydroxylation is 1. The van der Waals surface area contributed by atoms with Gasteiger partial charge in [-0.25, -0.2) is 14.1 Å². The molecule has 2 aliphatic heterocycles. The first kappa shape index (κ1) is 28.1. The minimum absolute atomic E-state index is 0.0777. The molecule has 2 fully saturated rings. The Hall–Kier alpha value is -4.74. The minimum Gasteiger partial charge on any atom is -0.491 e. The van der Waals surface area contributed by atoms with E-state index < -0.39 is 35.9 Å². The lowest BCUT2D eigenvalue weighted by molar-refractivity contribution is -0.143. The van der Waals surface area contributed by atoms with Crippen LogP contribution in [0.1, 0.15) is 36.0 Å². The third kappa shape index (κ3) is 4.78. The molecule has 3 aromatic rings. The SMILES string of the molecule is CN(C)C(=O)Cn1cc(-c2ccc3c(c2)CCC32OC(=O)N(CC(=O)N3Cc4cc(F)ccc4OC[C@H]3C3CC3)C2=O)cn1. The largest absolute Gasteiger partial charge is 0.491 e. The van der Waals surface area contributed by atoms with E-state index in [1.54, 1.807) is 48.2 Å². The van der Waals surface area contributed by atoms with E-state index in [0.29, 0.717) is 23.3 Å². The molecule has 11 nitrogen and oxygen atoms in total. The van der Waals surface area contributed by atoms with Crippen LogP contribution in [0.3, 0.4) is 0 Å². The first-order valence-electron chi connectivity index (χ1n) is 14.7. The van der Waals surface area contributed by atoms with Gasteiger partial charge < -0.3 is 19.3 Å². The summed E-state index contributed by atoms with van der Waals surface area (Å²) in [6.07, 6.45) is 5.29. The molecule has 3 heterocycles. The molecule has 228 valence electrons. The summed E-state index contributed by atoms with van der Waals surface area (Å²) in [5.74, 6) is -0.699. The molecule has 0 N–H and O–H groups in total. The fourth-order valence-corrected chi connectivity index (χ4v) is 6.46. The molecule has 1 saturated carbocycles. The van der Waals surface area contributed by atoms with Crippen molar-refractivity contribution in [2.45, 2.75) is 50.4 Å². The highest BCUT2D eigenvalue weighted by Gasteiger charge is 2.58. The Labute approximate surface area is 253 Å². The Balaban J connectivity index is 1.10. The van der Waals surface area contributed by atoms with Crippen molar-refractivity contribution in [3.63, 3.8) is 0 Å². The highest BCUT2D eigenvalue weighted by molar-refractivity contribution is 6.06. The van der Waals surface area contributed by atoms with Gasteiger partial charge in [0, 0.05) is 49.9 Å². The van der Waals surface area contributed by atoms with Crippen molar-refractivity contribution in [2.75, 3.05) is 27.2 Å². The van der Waals surface area contributed by atoms with Crippen molar-refractivity contribution in [2.24, 2.45) is 5.92 Å². The first-order chi connectivity index (χ1) is 21.1. The fraction of sp³-hybridized carbons (Fsp3) is 0.406. The van der Waals surface area contributed by atoms with Crippen LogP contribution in [-0.2, 0) is 44.2 Å². The summed E-state index contributed by atoms with van der Waals surface area (Å²) in [4.78, 5) is 56.8. The highest BCUT2D eigenvalue weighted by atomic mass is 19.1. The van der Waals surface area contributed by atoms with Gasteiger partial charge in [0.05, 0.1) is 12.2 Å². The number of halogens is 1. The number of hydrogen-bond acceptors (Lipinski definition) is 7. The van der Waals surface area contributed by atoms with Crippen molar-refractivity contribution in [1.29, 1.82) is 0 Å². The number of amides is 4. The molecule has 2 atom stereocenters. The molecule has 1 saturated heterocycles. The lowest BCUT2D eigenvalue weighted by atomic mass is 9.93. The second-order valence-corrected chi connectivity index (χ2v) is 12.2. The molecule has 0 bridgehead atoms. The zero-order valence-electron chi connectivity index (χ0n) is 24.5. The van der Waals surface area contributed by atoms with Crippen LogP contribution < -0.4 is 4.74 Å². The van der Waals surface area contributed by atoms with Crippen molar-refractivity contribution in [3.05, 3.63) is 71.3 Å². The zero-order valence-corrected chi connectivity index (χ0v) is 24.5. The second-order valence-electron chi connectivity index (χ2n) is 12.2. The molecule has 12 heteroatoms. The van der Waals surface area contributed by atoms with Crippen LogP contribution in [-0.4, -0.2) is 81.6 Å². The Morgan fingerprint density at radius 3 is 2.66 bits per heavy atom. The summed E-state index contributed by atoms with van der Waals surface area (Å²) >= 11 is 0. The summed E-state index contributed by atoms with van der Waals surface area (Å²) in [7, 11) is 3.38. The van der Waals surface area contributed by atoms with Gasteiger partial charge in [0.2, 0.25) is 17.4 Å². The van der Waals surface area contributed by atoms with Crippen LogP contribution in [0.15, 0.2) is 48.8 Å². The van der Waals surface area contributed by atoms with Gasteiger partial charge in [0.25, 0.3) is 5.91 Å². The lowest BCUT2D eigenvalue weighted by Crippen LogP contribution is -2.49. The number of carbonyl (C=O) groups excluding carboxylic acids is 4. The third-order valence-corrected chi connectivity index (χ3v) is 9.07. The Morgan fingerprint density at radius 1 is 1.07 bits per heavy atom. The van der Waals surface area contributed by atoms with Gasteiger partial charge in [0.1, 0.15) is 31.3 Å². The Bertz CT molecular complexity index is 1700. The number of likely N-dealkylation sites (N-methyl/N-ethyl adjacent to an activating group) is 1. The van der Waals surface area contributed by atoms with E-state index in [1.165, 1.54) is 17.0 Å². The van der Waals surface area contributed by atoms with Gasteiger partial charge in [-0.3, -0.25) is 19.1 Å². The molecule has 1 aromatic heterocycles. The average molecular weight is 602 g/mol. The van der Waals surface area contributed by atoms with E-state index in [0.717, 1.165) is 34.4 Å². The maximum absolute atomic E-state index is 14.0. The monoisotopic (exact) mass is 601 g/mol. The normalized spacial score (nSPS) is 22.4. The number of carbonyl (C=O) groups is 4. The van der Waals surface area contributed by atoms with E-state index in [-0.39, 0.29) is 44.0 Å². The van der Waals surface area contributed by atoms with E-state index in [2.05, 4.69) is 5.10 Å². The van der Waals surface area contributed by atoms with Gasteiger partial charge >= 0.3 is 6.09 Å². The molecule has 4 aliphatic rings. The van der Waals surface area contributed by atoms with Gasteiger partial charge in [0.15, 0.2) is 0 Å². The van der Waals surface area contributed by atoms with Gasteiger partial charge in [-0.15, -0.1) is 0 Å². The van der Waals surface area contributed by atoms with Crippen LogP contribution >= 0.6 is 0 Å². The highest BCUT2D eigenvalue weighted by Crippen LogP contribution is 2.46. The predicted octanol–water partition coefficient (Wildman–Crippen LogP) is 3.10. The molecule has 2 aromatic carbocycles. The summed E-state index contributed by atoms with van der Waals surface area (Å²) in [6, 6.07) is 9.58. The van der Waals surface area contributed by atoms with Crippen LogP contribution in [0.4, 0.5) is 9.18 Å². The molecule has 7 rings (SSSR count). The van der Waals surface area contributed by atoms with Crippen molar-refractivity contribution >= 4 is 23.8 Å². The Kier molecular flexibility index (Phi) is 6.67. The quantitative estimate of drug-likeness (QED) is 0.427. The smallest absolute Gasteiger partial charge is 0.418 e. The molecule has 44 heavy (non-hydrogen) atoms. The van der Waals surface area contributed by atoms with Gasteiger partial charge in [-0.1, -0.05) is 18.2 Å². The van der Waals surface area contributed by atoms with E-state index in [1.807, 2.05) is 12.1 Å². The van der Waals surface area contributed by atoms with E-state index in [4.69, 9.17) is 9.47 Å². The number of rotatable bonds is 6. The number of ether oxygens (including phenoxy) is 2. The molecule has 0 radical (unpaired) electrons. The third-order valence-electron chi connectivity index (χ3n) is 9.07. The zero-order chi connectivity index (χ0) is 30.7. The summed E-state index contributed by atoms with van der Waals surface area (Å²) in [6.45, 7) is 0.0413. The fourth-order valence-electron chi connectivity index (χ4n) is 6.46. The van der Waals surface area contributed by atoms with Crippen LogP contribution in [0.2, 0.25) is 0 Å². The van der Waals surface area contributed by atoms with Crippen LogP contribution in [0.5, 0.6) is 5.75 Å². The Morgan fingerprint density at radius 2 is 1.89 bits per heavy atom. The number of imide groups is 1. The number of nitrogens with zero attached hydrogens (tertiary/aromatic N) is 5. The van der Waals surface area contributed by atoms with Gasteiger partial charge in [-0.2, -0.15) is 5.10 Å². The van der Waals surface area contributed by atoms with Crippen LogP contribution in [0.25, 0.3) is 11.1 Å². The maximum Gasteiger partial charge on any atom is 0.418 e. The maximum atomic E-state index is 14.0. The predicted molar refractivity (Wildman–Crippen MR) is 154 cm³/mol. The number of benzene rings is 2. The number of aromatic nitrogens is 2. The van der Waals surface area contributed by atoms with Crippen molar-refractivity contribution in [1.82, 2.24) is 24.5 Å². The summed E-state index contributed by atoms with van der Waals surface area (Å²) in [5, 5.41) is 4.30. The average Bonchev–Trinajstić information content (AvgIpc) is 3.61. The summed E-state index contributed by atoms with van der Waals surface area (Å²) < 4.78 is 27.3. The minimum atomic E-state index is -1.49. The summed E-state index contributed by atoms with van der Waals surface area (Å²) in [5.41, 5.74) is 2.21. The van der Waals surface area contributed by atoms with Crippen molar-refractivity contribution in [3.8, 4) is 16.9 Å². The number of fused-ring (bicyclic) bond motifs is 3. The van der Waals surface area contributed by atoms with Gasteiger partial charge in [-0.05, 0) is 54.5 Å². The molecule has 4 amide bonds. The first-order valence-corrected chi connectivity index (χ1v) is 14.7. The topological polar surface area (TPSA) is 114 Å².